The third kappa shape index (κ3) is 4.34. The lowest BCUT2D eigenvalue weighted by Gasteiger charge is -2.03. The van der Waals surface area contributed by atoms with Gasteiger partial charge >= 0.3 is 0 Å². The van der Waals surface area contributed by atoms with Crippen LogP contribution in [0.1, 0.15) is 32.6 Å². The monoisotopic (exact) mass is 171 g/mol. The Morgan fingerprint density at radius 3 is 2.83 bits per heavy atom. The van der Waals surface area contributed by atoms with Gasteiger partial charge in [0.25, 0.3) is 0 Å². The first-order chi connectivity index (χ1) is 5.83. The van der Waals surface area contributed by atoms with Crippen LogP contribution in [0.15, 0.2) is 0 Å². The highest BCUT2D eigenvalue weighted by molar-refractivity contribution is 5.76. The van der Waals surface area contributed by atoms with E-state index in [1.54, 1.807) is 0 Å². The van der Waals surface area contributed by atoms with Gasteiger partial charge in [-0.3, -0.25) is 4.79 Å². The van der Waals surface area contributed by atoms with E-state index in [-0.39, 0.29) is 5.91 Å². The molecule has 3 heteroatoms. The minimum atomic E-state index is 0.133. The van der Waals surface area contributed by atoms with Crippen LogP contribution in [0.25, 0.3) is 0 Å². The molecule has 12 heavy (non-hydrogen) atoms. The Hall–Kier alpha value is -0.570. The van der Waals surface area contributed by atoms with Gasteiger partial charge in [0, 0.05) is 19.1 Å². The highest BCUT2D eigenvalue weighted by Gasteiger charge is 2.22. The predicted octanol–water partition coefficient (Wildman–Crippen LogP) is 1.08. The molecule has 1 aliphatic rings. The molecule has 0 aromatic carbocycles. The van der Waals surface area contributed by atoms with E-state index in [1.165, 1.54) is 0 Å². The summed E-state index contributed by atoms with van der Waals surface area (Å²) >= 11 is 0. The minimum Gasteiger partial charge on any atom is -0.381 e. The van der Waals surface area contributed by atoms with Crippen LogP contribution in [0.3, 0.4) is 0 Å². The van der Waals surface area contributed by atoms with Crippen LogP contribution < -0.4 is 5.32 Å². The summed E-state index contributed by atoms with van der Waals surface area (Å²) in [5.41, 5.74) is 0. The van der Waals surface area contributed by atoms with Crippen LogP contribution >= 0.6 is 0 Å². The van der Waals surface area contributed by atoms with E-state index in [0.717, 1.165) is 25.9 Å². The van der Waals surface area contributed by atoms with Gasteiger partial charge in [-0.05, 0) is 19.3 Å². The van der Waals surface area contributed by atoms with Gasteiger partial charge in [0.2, 0.25) is 5.91 Å². The third-order valence-corrected chi connectivity index (χ3v) is 1.76. The van der Waals surface area contributed by atoms with Crippen LogP contribution in [0, 0.1) is 0 Å². The molecule has 70 valence electrons. The fourth-order valence-corrected chi connectivity index (χ4v) is 0.939. The number of nitrogens with one attached hydrogen (secondary N) is 1. The van der Waals surface area contributed by atoms with Gasteiger partial charge in [-0.25, -0.2) is 0 Å². The van der Waals surface area contributed by atoms with Crippen molar-refractivity contribution in [3.8, 4) is 0 Å². The molecular formula is C9H17NO2. The van der Waals surface area contributed by atoms with Crippen molar-refractivity contribution in [1.82, 2.24) is 5.32 Å². The molecule has 0 aliphatic heterocycles. The number of hydrogen-bond donors (Lipinski definition) is 1. The van der Waals surface area contributed by atoms with Gasteiger partial charge in [0.1, 0.15) is 0 Å². The molecule has 1 fully saturated rings. The molecule has 0 unspecified atom stereocenters. The zero-order valence-corrected chi connectivity index (χ0v) is 7.64. The van der Waals surface area contributed by atoms with Gasteiger partial charge in [-0.1, -0.05) is 6.92 Å². The summed E-state index contributed by atoms with van der Waals surface area (Å²) in [6, 6.07) is 0.476. The van der Waals surface area contributed by atoms with Crippen molar-refractivity contribution >= 4 is 5.91 Å². The van der Waals surface area contributed by atoms with Crippen LogP contribution in [-0.4, -0.2) is 25.2 Å². The molecule has 0 radical (unpaired) electrons. The van der Waals surface area contributed by atoms with Crippen molar-refractivity contribution in [3.05, 3.63) is 0 Å². The Labute approximate surface area is 73.5 Å². The van der Waals surface area contributed by atoms with Gasteiger partial charge < -0.3 is 10.1 Å². The van der Waals surface area contributed by atoms with Crippen molar-refractivity contribution < 1.29 is 9.53 Å². The first-order valence-corrected chi connectivity index (χ1v) is 4.70. The minimum absolute atomic E-state index is 0.133. The predicted molar refractivity (Wildman–Crippen MR) is 46.9 cm³/mol. The topological polar surface area (TPSA) is 38.3 Å². The second kappa shape index (κ2) is 5.14. The normalized spacial score (nSPS) is 16.1. The smallest absolute Gasteiger partial charge is 0.222 e. The van der Waals surface area contributed by atoms with E-state index in [4.69, 9.17) is 4.74 Å². The van der Waals surface area contributed by atoms with E-state index in [2.05, 4.69) is 12.2 Å². The van der Waals surface area contributed by atoms with Crippen molar-refractivity contribution in [2.45, 2.75) is 38.6 Å². The van der Waals surface area contributed by atoms with E-state index in [9.17, 15) is 4.79 Å². The SMILES string of the molecule is CCCOCCC(=O)NC1CC1. The Morgan fingerprint density at radius 2 is 2.25 bits per heavy atom. The molecular weight excluding hydrogens is 154 g/mol. The molecule has 0 aromatic rings. The second-order valence-electron chi connectivity index (χ2n) is 3.20. The molecule has 0 aromatic heterocycles. The summed E-state index contributed by atoms with van der Waals surface area (Å²) in [5.74, 6) is 0.133. The number of ether oxygens (including phenoxy) is 1. The number of hydrogen-bond acceptors (Lipinski definition) is 2. The molecule has 0 saturated heterocycles. The van der Waals surface area contributed by atoms with Crippen molar-refractivity contribution in [2.24, 2.45) is 0 Å². The molecule has 0 bridgehead atoms. The molecule has 1 amide bonds. The quantitative estimate of drug-likeness (QED) is 0.607. The third-order valence-electron chi connectivity index (χ3n) is 1.76. The largest absolute Gasteiger partial charge is 0.381 e. The molecule has 0 atom stereocenters. The molecule has 1 rings (SSSR count). The zero-order valence-electron chi connectivity index (χ0n) is 7.64. The highest BCUT2D eigenvalue weighted by Crippen LogP contribution is 2.18. The first kappa shape index (κ1) is 9.52. The van der Waals surface area contributed by atoms with Crippen molar-refractivity contribution in [1.29, 1.82) is 0 Å². The molecule has 1 saturated carbocycles. The fraction of sp³-hybridized carbons (Fsp3) is 0.889. The lowest BCUT2D eigenvalue weighted by Crippen LogP contribution is -2.26. The summed E-state index contributed by atoms with van der Waals surface area (Å²) in [6.07, 6.45) is 3.84. The summed E-state index contributed by atoms with van der Waals surface area (Å²) in [7, 11) is 0. The molecule has 1 N–H and O–H groups in total. The summed E-state index contributed by atoms with van der Waals surface area (Å²) in [5, 5.41) is 2.91. The van der Waals surface area contributed by atoms with E-state index >= 15 is 0 Å². The van der Waals surface area contributed by atoms with Crippen molar-refractivity contribution in [3.63, 3.8) is 0 Å². The average molecular weight is 171 g/mol. The van der Waals surface area contributed by atoms with Crippen LogP contribution in [-0.2, 0) is 9.53 Å². The van der Waals surface area contributed by atoms with Crippen LogP contribution in [0.4, 0.5) is 0 Å². The average Bonchev–Trinajstić information content (AvgIpc) is 2.82. The Morgan fingerprint density at radius 1 is 1.50 bits per heavy atom. The maximum atomic E-state index is 11.1. The van der Waals surface area contributed by atoms with E-state index < -0.39 is 0 Å². The molecule has 1 aliphatic carbocycles. The summed E-state index contributed by atoms with van der Waals surface area (Å²) in [4.78, 5) is 11.1. The fourth-order valence-electron chi connectivity index (χ4n) is 0.939. The molecule has 0 heterocycles. The van der Waals surface area contributed by atoms with Crippen molar-refractivity contribution in [2.75, 3.05) is 13.2 Å². The van der Waals surface area contributed by atoms with Gasteiger partial charge in [0.15, 0.2) is 0 Å². The number of amides is 1. The zero-order chi connectivity index (χ0) is 8.81. The first-order valence-electron chi connectivity index (χ1n) is 4.70. The Bertz CT molecular complexity index is 143. The summed E-state index contributed by atoms with van der Waals surface area (Å²) < 4.78 is 5.19. The number of carbonyl (C=O) groups is 1. The van der Waals surface area contributed by atoms with Gasteiger partial charge in [0.05, 0.1) is 6.61 Å². The molecule has 3 nitrogen and oxygen atoms in total. The van der Waals surface area contributed by atoms with E-state index in [0.29, 0.717) is 19.1 Å². The van der Waals surface area contributed by atoms with Gasteiger partial charge in [-0.2, -0.15) is 0 Å². The molecule has 0 spiro atoms. The second-order valence-corrected chi connectivity index (χ2v) is 3.20. The van der Waals surface area contributed by atoms with Crippen LogP contribution in [0.2, 0.25) is 0 Å². The number of rotatable bonds is 6. The van der Waals surface area contributed by atoms with E-state index in [1.807, 2.05) is 0 Å². The maximum Gasteiger partial charge on any atom is 0.222 e. The number of carbonyl (C=O) groups excluding carboxylic acids is 1. The van der Waals surface area contributed by atoms with Gasteiger partial charge in [-0.15, -0.1) is 0 Å². The lowest BCUT2D eigenvalue weighted by molar-refractivity contribution is -0.122. The summed E-state index contributed by atoms with van der Waals surface area (Å²) in [6.45, 7) is 3.38. The Balaban J connectivity index is 1.87. The van der Waals surface area contributed by atoms with Crippen LogP contribution in [0.5, 0.6) is 0 Å². The Kier molecular flexibility index (Phi) is 4.08. The maximum absolute atomic E-state index is 11.1. The highest BCUT2D eigenvalue weighted by atomic mass is 16.5. The lowest BCUT2D eigenvalue weighted by atomic mass is 10.4. The standard InChI is InChI=1S/C9H17NO2/c1-2-6-12-7-5-9(11)10-8-3-4-8/h8H,2-7H2,1H3,(H,10,11).